The number of piperidine rings is 1. The molecule has 8 nitrogen and oxygen atoms in total. The smallest absolute Gasteiger partial charge is 0.178 e. The highest BCUT2D eigenvalue weighted by molar-refractivity contribution is 5.69. The Hall–Kier alpha value is -2.71. The van der Waals surface area contributed by atoms with Crippen LogP contribution in [0, 0.1) is 0 Å². The summed E-state index contributed by atoms with van der Waals surface area (Å²) in [6.45, 7) is 12.9. The first-order chi connectivity index (χ1) is 17.1. The van der Waals surface area contributed by atoms with Gasteiger partial charge in [-0.25, -0.2) is 14.6 Å². The van der Waals surface area contributed by atoms with Crippen molar-refractivity contribution in [2.45, 2.75) is 71.1 Å². The topological polar surface area (TPSA) is 64.2 Å². The summed E-state index contributed by atoms with van der Waals surface area (Å²) < 4.78 is 10.3. The van der Waals surface area contributed by atoms with Crippen molar-refractivity contribution < 1.29 is 4.74 Å². The molecule has 0 spiro atoms. The summed E-state index contributed by atoms with van der Waals surface area (Å²) in [6, 6.07) is 8.05. The summed E-state index contributed by atoms with van der Waals surface area (Å²) in [7, 11) is 0. The van der Waals surface area contributed by atoms with E-state index in [0.717, 1.165) is 41.2 Å². The number of likely N-dealkylation sites (tertiary alicyclic amines) is 2. The molecule has 2 fully saturated rings. The SMILES string of the molecule is CC(C)n1ncnc1-c1cn2c(n1)-c1cc([C@H](C)N3CCC(N4CCCC4)CC3)ccc1OCC2. The third-order valence-corrected chi connectivity index (χ3v) is 8.09. The van der Waals surface area contributed by atoms with E-state index in [2.05, 4.69) is 69.6 Å². The Kier molecular flexibility index (Phi) is 6.10. The summed E-state index contributed by atoms with van der Waals surface area (Å²) in [4.78, 5) is 14.9. The number of imidazole rings is 1. The van der Waals surface area contributed by atoms with Gasteiger partial charge in [0.15, 0.2) is 5.82 Å². The first-order valence-electron chi connectivity index (χ1n) is 13.3. The molecule has 0 amide bonds. The maximum atomic E-state index is 6.12. The minimum atomic E-state index is 0.228. The van der Waals surface area contributed by atoms with Crippen LogP contribution in [0.5, 0.6) is 5.75 Å². The van der Waals surface area contributed by atoms with Gasteiger partial charge in [0.1, 0.15) is 30.2 Å². The molecular formula is C27H37N7O. The van der Waals surface area contributed by atoms with Gasteiger partial charge in [0.2, 0.25) is 0 Å². The number of rotatable bonds is 5. The van der Waals surface area contributed by atoms with Crippen molar-refractivity contribution >= 4 is 0 Å². The Bertz CT molecular complexity index is 1170. The van der Waals surface area contributed by atoms with Crippen LogP contribution in [0.3, 0.4) is 0 Å². The van der Waals surface area contributed by atoms with Crippen LogP contribution < -0.4 is 4.74 Å². The van der Waals surface area contributed by atoms with Crippen LogP contribution in [0.15, 0.2) is 30.7 Å². The van der Waals surface area contributed by atoms with E-state index in [1.54, 1.807) is 6.33 Å². The third-order valence-electron chi connectivity index (χ3n) is 8.09. The van der Waals surface area contributed by atoms with E-state index < -0.39 is 0 Å². The minimum Gasteiger partial charge on any atom is -0.491 e. The molecule has 8 heteroatoms. The summed E-state index contributed by atoms with van der Waals surface area (Å²) >= 11 is 0. The van der Waals surface area contributed by atoms with Gasteiger partial charge in [-0.1, -0.05) is 6.07 Å². The van der Waals surface area contributed by atoms with Crippen molar-refractivity contribution in [3.8, 4) is 28.7 Å². The summed E-state index contributed by atoms with van der Waals surface area (Å²) in [5.41, 5.74) is 3.26. The van der Waals surface area contributed by atoms with E-state index >= 15 is 0 Å². The van der Waals surface area contributed by atoms with Gasteiger partial charge in [-0.05, 0) is 77.2 Å². The summed E-state index contributed by atoms with van der Waals surface area (Å²) in [5.74, 6) is 2.68. The Labute approximate surface area is 207 Å². The highest BCUT2D eigenvalue weighted by Crippen LogP contribution is 2.37. The van der Waals surface area contributed by atoms with Gasteiger partial charge in [-0.15, -0.1) is 0 Å². The molecule has 2 aromatic heterocycles. The van der Waals surface area contributed by atoms with Crippen molar-refractivity contribution in [2.75, 3.05) is 32.8 Å². The molecular weight excluding hydrogens is 438 g/mol. The molecule has 0 aliphatic carbocycles. The first-order valence-corrected chi connectivity index (χ1v) is 13.3. The molecule has 0 radical (unpaired) electrons. The lowest BCUT2D eigenvalue weighted by Crippen LogP contribution is -2.44. The number of hydrogen-bond donors (Lipinski definition) is 0. The van der Waals surface area contributed by atoms with Gasteiger partial charge >= 0.3 is 0 Å². The van der Waals surface area contributed by atoms with Crippen LogP contribution in [0.25, 0.3) is 22.9 Å². The van der Waals surface area contributed by atoms with Gasteiger partial charge < -0.3 is 14.2 Å². The molecule has 35 heavy (non-hydrogen) atoms. The van der Waals surface area contributed by atoms with Crippen molar-refractivity contribution in [3.05, 3.63) is 36.3 Å². The van der Waals surface area contributed by atoms with Crippen molar-refractivity contribution in [3.63, 3.8) is 0 Å². The number of benzene rings is 1. The molecule has 0 N–H and O–H groups in total. The Morgan fingerprint density at radius 3 is 2.54 bits per heavy atom. The predicted molar refractivity (Wildman–Crippen MR) is 136 cm³/mol. The normalized spacial score (nSPS) is 20.5. The number of fused-ring (bicyclic) bond motifs is 3. The number of aromatic nitrogens is 5. The van der Waals surface area contributed by atoms with E-state index in [1.165, 1.54) is 57.4 Å². The van der Waals surface area contributed by atoms with Gasteiger partial charge in [-0.3, -0.25) is 4.90 Å². The van der Waals surface area contributed by atoms with Gasteiger partial charge in [-0.2, -0.15) is 5.10 Å². The van der Waals surface area contributed by atoms with Crippen molar-refractivity contribution in [1.82, 2.24) is 34.1 Å². The Morgan fingerprint density at radius 2 is 1.77 bits per heavy atom. The van der Waals surface area contributed by atoms with Crippen LogP contribution in [-0.4, -0.2) is 72.9 Å². The average Bonchev–Trinajstić information content (AvgIpc) is 3.63. The number of hydrogen-bond acceptors (Lipinski definition) is 6. The van der Waals surface area contributed by atoms with Gasteiger partial charge in [0.05, 0.1) is 12.1 Å². The predicted octanol–water partition coefficient (Wildman–Crippen LogP) is 4.40. The quantitative estimate of drug-likeness (QED) is 0.545. The molecule has 0 saturated carbocycles. The molecule has 186 valence electrons. The summed E-state index contributed by atoms with van der Waals surface area (Å²) in [6.07, 6.45) is 9.02. The molecule has 3 aromatic rings. The fraction of sp³-hybridized carbons (Fsp3) is 0.593. The largest absolute Gasteiger partial charge is 0.491 e. The lowest BCUT2D eigenvalue weighted by molar-refractivity contribution is 0.102. The van der Waals surface area contributed by atoms with Gasteiger partial charge in [0.25, 0.3) is 0 Å². The monoisotopic (exact) mass is 475 g/mol. The minimum absolute atomic E-state index is 0.228. The van der Waals surface area contributed by atoms with Crippen LogP contribution >= 0.6 is 0 Å². The van der Waals surface area contributed by atoms with E-state index in [9.17, 15) is 0 Å². The van der Waals surface area contributed by atoms with E-state index in [-0.39, 0.29) is 6.04 Å². The molecule has 1 aromatic carbocycles. The van der Waals surface area contributed by atoms with E-state index in [4.69, 9.17) is 9.72 Å². The zero-order valence-electron chi connectivity index (χ0n) is 21.2. The maximum Gasteiger partial charge on any atom is 0.178 e. The fourth-order valence-corrected chi connectivity index (χ4v) is 6.04. The van der Waals surface area contributed by atoms with Crippen molar-refractivity contribution in [2.24, 2.45) is 0 Å². The van der Waals surface area contributed by atoms with E-state index in [0.29, 0.717) is 12.6 Å². The molecule has 0 bridgehead atoms. The Morgan fingerprint density at radius 1 is 0.971 bits per heavy atom. The van der Waals surface area contributed by atoms with Crippen LogP contribution in [0.2, 0.25) is 0 Å². The first kappa shape index (κ1) is 22.7. The highest BCUT2D eigenvalue weighted by atomic mass is 16.5. The lowest BCUT2D eigenvalue weighted by atomic mass is 9.98. The number of nitrogens with zero attached hydrogens (tertiary/aromatic N) is 7. The Balaban J connectivity index is 1.26. The number of ether oxygens (including phenoxy) is 1. The molecule has 6 rings (SSSR count). The lowest BCUT2D eigenvalue weighted by Gasteiger charge is -2.39. The molecule has 3 aliphatic rings. The average molecular weight is 476 g/mol. The molecule has 0 unspecified atom stereocenters. The standard InChI is InChI=1S/C27H37N7O/c1-19(2)34-27(28-18-29-34)24-17-33-14-15-35-25-7-6-21(16-23(25)26(33)30-24)20(3)31-12-8-22(9-13-31)32-10-4-5-11-32/h6-7,16-20,22H,4-5,8-15H2,1-3H3/t20-/m0/s1. The van der Waals surface area contributed by atoms with Gasteiger partial charge in [0, 0.05) is 37.4 Å². The maximum absolute atomic E-state index is 6.12. The van der Waals surface area contributed by atoms with Crippen LogP contribution in [-0.2, 0) is 6.54 Å². The summed E-state index contributed by atoms with van der Waals surface area (Å²) in [5, 5.41) is 4.40. The second-order valence-electron chi connectivity index (χ2n) is 10.6. The zero-order chi connectivity index (χ0) is 23.9. The second kappa shape index (κ2) is 9.39. The molecule has 1 atom stereocenters. The molecule has 5 heterocycles. The second-order valence-corrected chi connectivity index (χ2v) is 10.6. The highest BCUT2D eigenvalue weighted by Gasteiger charge is 2.29. The third kappa shape index (κ3) is 4.27. The molecule has 3 aliphatic heterocycles. The van der Waals surface area contributed by atoms with Crippen LogP contribution in [0.1, 0.15) is 64.1 Å². The zero-order valence-corrected chi connectivity index (χ0v) is 21.2. The van der Waals surface area contributed by atoms with E-state index in [1.807, 2.05) is 4.68 Å². The fourth-order valence-electron chi connectivity index (χ4n) is 6.04. The van der Waals surface area contributed by atoms with Crippen LogP contribution in [0.4, 0.5) is 0 Å². The van der Waals surface area contributed by atoms with Crippen molar-refractivity contribution in [1.29, 1.82) is 0 Å². The molecule has 2 saturated heterocycles.